The Labute approximate surface area is 106 Å². The van der Waals surface area contributed by atoms with E-state index in [1.165, 1.54) is 24.5 Å². The summed E-state index contributed by atoms with van der Waals surface area (Å²) >= 11 is 0. The molecule has 98 valence electrons. The van der Waals surface area contributed by atoms with Gasteiger partial charge in [0.1, 0.15) is 12.4 Å². The standard InChI is InChI=1S/C12H17N3O3/c1-7(2)10(12(17)18)15(4)11(16)9-5-13-6-14-8(9)3/h5-7,10H,1-4H3,(H,17,18). The van der Waals surface area contributed by atoms with Gasteiger partial charge in [-0.2, -0.15) is 0 Å². The van der Waals surface area contributed by atoms with Crippen LogP contribution in [0.4, 0.5) is 0 Å². The van der Waals surface area contributed by atoms with Crippen molar-refractivity contribution >= 4 is 11.9 Å². The van der Waals surface area contributed by atoms with Crippen molar-refractivity contribution in [2.24, 2.45) is 5.92 Å². The van der Waals surface area contributed by atoms with Gasteiger partial charge in [-0.25, -0.2) is 14.8 Å². The highest BCUT2D eigenvalue weighted by Crippen LogP contribution is 2.14. The normalized spacial score (nSPS) is 12.3. The summed E-state index contributed by atoms with van der Waals surface area (Å²) in [5.41, 5.74) is 0.863. The van der Waals surface area contributed by atoms with Gasteiger partial charge < -0.3 is 10.0 Å². The molecule has 0 aliphatic heterocycles. The summed E-state index contributed by atoms with van der Waals surface area (Å²) in [5, 5.41) is 9.15. The number of carbonyl (C=O) groups is 2. The number of rotatable bonds is 4. The molecule has 0 spiro atoms. The number of amides is 1. The van der Waals surface area contributed by atoms with Crippen LogP contribution in [-0.2, 0) is 4.79 Å². The lowest BCUT2D eigenvalue weighted by atomic mass is 10.0. The monoisotopic (exact) mass is 251 g/mol. The first kappa shape index (κ1) is 14.1. The molecule has 0 fully saturated rings. The van der Waals surface area contributed by atoms with E-state index in [9.17, 15) is 9.59 Å². The molecule has 0 saturated heterocycles. The molecule has 0 bridgehead atoms. The van der Waals surface area contributed by atoms with Gasteiger partial charge >= 0.3 is 5.97 Å². The Kier molecular flexibility index (Phi) is 4.36. The van der Waals surface area contributed by atoms with Crippen molar-refractivity contribution < 1.29 is 14.7 Å². The molecule has 0 aliphatic rings. The van der Waals surface area contributed by atoms with Crippen LogP contribution in [0.15, 0.2) is 12.5 Å². The zero-order valence-electron chi connectivity index (χ0n) is 10.9. The molecule has 1 unspecified atom stereocenters. The van der Waals surface area contributed by atoms with E-state index in [-0.39, 0.29) is 11.8 Å². The molecular weight excluding hydrogens is 234 g/mol. The SMILES string of the molecule is Cc1ncncc1C(=O)N(C)C(C(=O)O)C(C)C. The minimum atomic E-state index is -1.02. The topological polar surface area (TPSA) is 83.4 Å². The molecular formula is C12H17N3O3. The molecule has 1 amide bonds. The lowest BCUT2D eigenvalue weighted by Gasteiger charge is -2.27. The molecule has 1 atom stereocenters. The predicted octanol–water partition coefficient (Wildman–Crippen LogP) is 0.966. The minimum absolute atomic E-state index is 0.179. The fraction of sp³-hybridized carbons (Fsp3) is 0.500. The summed E-state index contributed by atoms with van der Waals surface area (Å²) in [5.74, 6) is -1.58. The van der Waals surface area contributed by atoms with Gasteiger partial charge in [-0.1, -0.05) is 13.8 Å². The van der Waals surface area contributed by atoms with Gasteiger partial charge in [0.05, 0.1) is 11.3 Å². The zero-order chi connectivity index (χ0) is 13.9. The summed E-state index contributed by atoms with van der Waals surface area (Å²) in [6, 6.07) is -0.864. The van der Waals surface area contributed by atoms with Gasteiger partial charge in [-0.3, -0.25) is 4.79 Å². The van der Waals surface area contributed by atoms with Crippen LogP contribution in [0.3, 0.4) is 0 Å². The number of hydrogen-bond acceptors (Lipinski definition) is 4. The quantitative estimate of drug-likeness (QED) is 0.862. The molecule has 1 heterocycles. The van der Waals surface area contributed by atoms with Gasteiger partial charge in [-0.05, 0) is 12.8 Å². The maximum absolute atomic E-state index is 12.2. The summed E-state index contributed by atoms with van der Waals surface area (Å²) in [6.07, 6.45) is 2.75. The van der Waals surface area contributed by atoms with E-state index in [2.05, 4.69) is 9.97 Å². The second kappa shape index (κ2) is 5.57. The van der Waals surface area contributed by atoms with Crippen molar-refractivity contribution in [3.05, 3.63) is 23.8 Å². The smallest absolute Gasteiger partial charge is 0.326 e. The number of carboxylic acid groups (broad SMARTS) is 1. The first-order valence-corrected chi connectivity index (χ1v) is 5.62. The summed E-state index contributed by atoms with van der Waals surface area (Å²) < 4.78 is 0. The second-order valence-electron chi connectivity index (χ2n) is 4.46. The van der Waals surface area contributed by atoms with Crippen molar-refractivity contribution in [2.45, 2.75) is 26.8 Å². The number of hydrogen-bond donors (Lipinski definition) is 1. The van der Waals surface area contributed by atoms with E-state index < -0.39 is 12.0 Å². The van der Waals surface area contributed by atoms with Crippen LogP contribution in [0.2, 0.25) is 0 Å². The van der Waals surface area contributed by atoms with E-state index in [4.69, 9.17) is 5.11 Å². The molecule has 0 radical (unpaired) electrons. The summed E-state index contributed by atoms with van der Waals surface area (Å²) in [7, 11) is 1.48. The molecule has 1 aromatic heterocycles. The summed E-state index contributed by atoms with van der Waals surface area (Å²) in [6.45, 7) is 5.21. The van der Waals surface area contributed by atoms with Crippen molar-refractivity contribution in [1.82, 2.24) is 14.9 Å². The van der Waals surface area contributed by atoms with Gasteiger partial charge in [0.2, 0.25) is 0 Å². The Balaban J connectivity index is 3.03. The van der Waals surface area contributed by atoms with E-state index in [1.807, 2.05) is 0 Å². The fourth-order valence-electron chi connectivity index (χ4n) is 1.82. The van der Waals surface area contributed by atoms with Gasteiger partial charge in [0.25, 0.3) is 5.91 Å². The molecule has 0 aromatic carbocycles. The highest BCUT2D eigenvalue weighted by atomic mass is 16.4. The molecule has 6 heteroatoms. The van der Waals surface area contributed by atoms with Crippen LogP contribution >= 0.6 is 0 Å². The van der Waals surface area contributed by atoms with Crippen LogP contribution in [0.1, 0.15) is 29.9 Å². The maximum Gasteiger partial charge on any atom is 0.326 e. The average molecular weight is 251 g/mol. The highest BCUT2D eigenvalue weighted by Gasteiger charge is 2.30. The first-order chi connectivity index (χ1) is 8.36. The van der Waals surface area contributed by atoms with Crippen molar-refractivity contribution in [2.75, 3.05) is 7.05 Å². The Morgan fingerprint density at radius 1 is 1.39 bits per heavy atom. The zero-order valence-corrected chi connectivity index (χ0v) is 10.9. The van der Waals surface area contributed by atoms with Crippen molar-refractivity contribution in [1.29, 1.82) is 0 Å². The number of carboxylic acids is 1. The largest absolute Gasteiger partial charge is 0.480 e. The number of aryl methyl sites for hydroxylation is 1. The number of likely N-dealkylation sites (N-methyl/N-ethyl adjacent to an activating group) is 1. The molecule has 1 aromatic rings. The maximum atomic E-state index is 12.2. The van der Waals surface area contributed by atoms with Crippen LogP contribution in [0.25, 0.3) is 0 Å². The van der Waals surface area contributed by atoms with Crippen LogP contribution in [-0.4, -0.2) is 44.9 Å². The molecule has 1 N–H and O–H groups in total. The highest BCUT2D eigenvalue weighted by molar-refractivity contribution is 5.97. The number of carbonyl (C=O) groups excluding carboxylic acids is 1. The van der Waals surface area contributed by atoms with Crippen molar-refractivity contribution in [3.63, 3.8) is 0 Å². The number of aromatic nitrogens is 2. The van der Waals surface area contributed by atoms with Crippen LogP contribution in [0, 0.1) is 12.8 Å². The van der Waals surface area contributed by atoms with Crippen LogP contribution in [0.5, 0.6) is 0 Å². The lowest BCUT2D eigenvalue weighted by Crippen LogP contribution is -2.45. The Morgan fingerprint density at radius 3 is 2.44 bits per heavy atom. The fourth-order valence-corrected chi connectivity index (χ4v) is 1.82. The first-order valence-electron chi connectivity index (χ1n) is 5.62. The third-order valence-corrected chi connectivity index (χ3v) is 2.76. The van der Waals surface area contributed by atoms with E-state index in [0.717, 1.165) is 0 Å². The Hall–Kier alpha value is -1.98. The second-order valence-corrected chi connectivity index (χ2v) is 4.46. The minimum Gasteiger partial charge on any atom is -0.480 e. The third kappa shape index (κ3) is 2.82. The number of aliphatic carboxylic acids is 1. The van der Waals surface area contributed by atoms with E-state index in [1.54, 1.807) is 20.8 Å². The Morgan fingerprint density at radius 2 is 2.00 bits per heavy atom. The average Bonchev–Trinajstić information content (AvgIpc) is 2.27. The van der Waals surface area contributed by atoms with Gasteiger partial charge in [0, 0.05) is 13.2 Å². The Bertz CT molecular complexity index is 460. The van der Waals surface area contributed by atoms with Gasteiger partial charge in [0.15, 0.2) is 0 Å². The third-order valence-electron chi connectivity index (χ3n) is 2.76. The molecule has 1 rings (SSSR count). The molecule has 0 saturated carbocycles. The number of nitrogens with zero attached hydrogens (tertiary/aromatic N) is 3. The van der Waals surface area contributed by atoms with Crippen molar-refractivity contribution in [3.8, 4) is 0 Å². The predicted molar refractivity (Wildman–Crippen MR) is 65.1 cm³/mol. The molecule has 6 nitrogen and oxygen atoms in total. The molecule has 18 heavy (non-hydrogen) atoms. The van der Waals surface area contributed by atoms with Crippen LogP contribution < -0.4 is 0 Å². The van der Waals surface area contributed by atoms with E-state index >= 15 is 0 Å². The molecule has 0 aliphatic carbocycles. The van der Waals surface area contributed by atoms with E-state index in [0.29, 0.717) is 11.3 Å². The van der Waals surface area contributed by atoms with Gasteiger partial charge in [-0.15, -0.1) is 0 Å². The lowest BCUT2D eigenvalue weighted by molar-refractivity contribution is -0.143. The summed E-state index contributed by atoms with van der Waals surface area (Å²) in [4.78, 5) is 32.3.